The lowest BCUT2D eigenvalue weighted by Gasteiger charge is -2.16. The average Bonchev–Trinajstić information content (AvgIpc) is 2.78. The van der Waals surface area contributed by atoms with E-state index in [1.165, 1.54) is 24.3 Å². The van der Waals surface area contributed by atoms with E-state index < -0.39 is 33.8 Å². The predicted molar refractivity (Wildman–Crippen MR) is 116 cm³/mol. The number of sulfonamides is 1. The van der Waals surface area contributed by atoms with Crippen LogP contribution in [-0.4, -0.2) is 43.9 Å². The molecule has 0 saturated heterocycles. The first-order valence-electron chi connectivity index (χ1n) is 9.75. The minimum absolute atomic E-state index is 0.0192. The van der Waals surface area contributed by atoms with Gasteiger partial charge in [0.1, 0.15) is 0 Å². The molecule has 0 amide bonds. The molecule has 3 aromatic carbocycles. The number of nitrogens with one attached hydrogen (secondary N) is 1. The number of Topliss-reactive ketones (excluding diaryl/α,β-unsaturated/α-hetero) is 1. The highest BCUT2D eigenvalue weighted by atomic mass is 32.2. The molecule has 0 saturated carbocycles. The summed E-state index contributed by atoms with van der Waals surface area (Å²) < 4.78 is 32.2. The highest BCUT2D eigenvalue weighted by Gasteiger charge is 2.30. The quantitative estimate of drug-likeness (QED) is 0.355. The van der Waals surface area contributed by atoms with E-state index in [-0.39, 0.29) is 24.3 Å². The van der Waals surface area contributed by atoms with Crippen molar-refractivity contribution in [2.45, 2.75) is 23.8 Å². The number of rotatable bonds is 10. The van der Waals surface area contributed by atoms with Crippen LogP contribution >= 0.6 is 0 Å². The van der Waals surface area contributed by atoms with Crippen LogP contribution in [0.4, 0.5) is 0 Å². The third-order valence-corrected chi connectivity index (χ3v) is 6.25. The van der Waals surface area contributed by atoms with E-state index in [4.69, 9.17) is 9.84 Å². The molecule has 0 heterocycles. The maximum absolute atomic E-state index is 12.5. The van der Waals surface area contributed by atoms with Gasteiger partial charge in [0.15, 0.2) is 0 Å². The molecule has 32 heavy (non-hydrogen) atoms. The van der Waals surface area contributed by atoms with E-state index in [1.54, 1.807) is 12.1 Å². The van der Waals surface area contributed by atoms with E-state index in [0.29, 0.717) is 0 Å². The zero-order valence-electron chi connectivity index (χ0n) is 16.9. The Morgan fingerprint density at radius 3 is 2.28 bits per heavy atom. The SMILES string of the molecule is O=C(Cc1cccc2ccccc12)OCCC(NS(=O)(=O)c1ccccc1)C(=O)C(=O)O. The summed E-state index contributed by atoms with van der Waals surface area (Å²) in [6.45, 7) is -0.329. The van der Waals surface area contributed by atoms with Crippen LogP contribution in [0.25, 0.3) is 10.8 Å². The minimum atomic E-state index is -4.14. The van der Waals surface area contributed by atoms with E-state index in [0.717, 1.165) is 16.3 Å². The molecule has 0 radical (unpaired) electrons. The van der Waals surface area contributed by atoms with Crippen LogP contribution in [0.1, 0.15) is 12.0 Å². The number of fused-ring (bicyclic) bond motifs is 1. The Bertz CT molecular complexity index is 1230. The van der Waals surface area contributed by atoms with E-state index in [9.17, 15) is 22.8 Å². The summed E-state index contributed by atoms with van der Waals surface area (Å²) in [6, 6.07) is 18.8. The lowest BCUT2D eigenvalue weighted by Crippen LogP contribution is -2.44. The molecule has 1 unspecified atom stereocenters. The fourth-order valence-corrected chi connectivity index (χ4v) is 4.44. The van der Waals surface area contributed by atoms with Crippen LogP contribution in [0, 0.1) is 0 Å². The monoisotopic (exact) mass is 455 g/mol. The van der Waals surface area contributed by atoms with Crippen molar-refractivity contribution in [1.82, 2.24) is 4.72 Å². The Kier molecular flexibility index (Phi) is 7.34. The number of esters is 1. The van der Waals surface area contributed by atoms with Gasteiger partial charge in [0, 0.05) is 6.42 Å². The molecule has 0 bridgehead atoms. The van der Waals surface area contributed by atoms with Crippen LogP contribution < -0.4 is 4.72 Å². The van der Waals surface area contributed by atoms with Crippen LogP contribution in [0.2, 0.25) is 0 Å². The Hall–Kier alpha value is -3.56. The molecule has 0 aliphatic carbocycles. The topological polar surface area (TPSA) is 127 Å². The summed E-state index contributed by atoms with van der Waals surface area (Å²) >= 11 is 0. The minimum Gasteiger partial charge on any atom is -0.475 e. The average molecular weight is 455 g/mol. The van der Waals surface area contributed by atoms with Crippen LogP contribution in [0.3, 0.4) is 0 Å². The van der Waals surface area contributed by atoms with Crippen molar-refractivity contribution in [2.75, 3.05) is 6.61 Å². The fourth-order valence-electron chi connectivity index (χ4n) is 3.19. The Balaban J connectivity index is 1.64. The van der Waals surface area contributed by atoms with Gasteiger partial charge < -0.3 is 9.84 Å². The molecule has 0 spiro atoms. The molecule has 1 atom stereocenters. The van der Waals surface area contributed by atoms with Gasteiger partial charge in [-0.1, -0.05) is 60.7 Å². The summed E-state index contributed by atoms with van der Waals surface area (Å²) in [6.07, 6.45) is -0.340. The van der Waals surface area contributed by atoms with Crippen molar-refractivity contribution >= 4 is 38.5 Å². The number of ether oxygens (including phenoxy) is 1. The highest BCUT2D eigenvalue weighted by molar-refractivity contribution is 7.89. The number of carbonyl (C=O) groups is 3. The second-order valence-corrected chi connectivity index (χ2v) is 8.69. The standard InChI is InChI=1S/C23H21NO7S/c25-21(15-17-9-6-8-16-7-4-5-12-19(16)17)31-14-13-20(22(26)23(27)28)24-32(29,30)18-10-2-1-3-11-18/h1-12,20,24H,13-15H2,(H,27,28). The third kappa shape index (κ3) is 5.77. The molecule has 9 heteroatoms. The molecule has 3 aromatic rings. The van der Waals surface area contributed by atoms with Gasteiger partial charge in [-0.05, 0) is 28.5 Å². The molecule has 0 aliphatic heterocycles. The lowest BCUT2D eigenvalue weighted by atomic mass is 10.0. The van der Waals surface area contributed by atoms with E-state index >= 15 is 0 Å². The van der Waals surface area contributed by atoms with Gasteiger partial charge in [0.25, 0.3) is 5.78 Å². The number of carboxylic acid groups (broad SMARTS) is 1. The van der Waals surface area contributed by atoms with Crippen molar-refractivity contribution in [3.63, 3.8) is 0 Å². The summed E-state index contributed by atoms with van der Waals surface area (Å²) in [5, 5.41) is 10.9. The van der Waals surface area contributed by atoms with Gasteiger partial charge in [-0.3, -0.25) is 9.59 Å². The van der Waals surface area contributed by atoms with E-state index in [2.05, 4.69) is 4.72 Å². The zero-order valence-corrected chi connectivity index (χ0v) is 17.7. The van der Waals surface area contributed by atoms with Gasteiger partial charge in [-0.15, -0.1) is 0 Å². The summed E-state index contributed by atoms with van der Waals surface area (Å²) in [7, 11) is -4.14. The number of carbonyl (C=O) groups excluding carboxylic acids is 2. The predicted octanol–water partition coefficient (Wildman–Crippen LogP) is 2.32. The maximum atomic E-state index is 12.5. The number of ketones is 1. The molecule has 0 aromatic heterocycles. The first-order valence-corrected chi connectivity index (χ1v) is 11.2. The smallest absolute Gasteiger partial charge is 0.373 e. The Labute approximate surface area is 184 Å². The molecular formula is C23H21NO7S. The molecule has 0 fully saturated rings. The zero-order chi connectivity index (χ0) is 23.1. The normalized spacial score (nSPS) is 12.2. The van der Waals surface area contributed by atoms with Gasteiger partial charge >= 0.3 is 11.9 Å². The van der Waals surface area contributed by atoms with Crippen molar-refractivity contribution in [3.8, 4) is 0 Å². The number of carboxylic acids is 1. The van der Waals surface area contributed by atoms with Crippen molar-refractivity contribution in [2.24, 2.45) is 0 Å². The molecular weight excluding hydrogens is 434 g/mol. The van der Waals surface area contributed by atoms with Crippen molar-refractivity contribution < 1.29 is 32.6 Å². The third-order valence-electron chi connectivity index (χ3n) is 4.76. The number of hydrogen-bond donors (Lipinski definition) is 2. The van der Waals surface area contributed by atoms with Crippen LogP contribution in [0.15, 0.2) is 77.7 Å². The number of aliphatic carboxylic acids is 1. The summed E-state index contributed by atoms with van der Waals surface area (Å²) in [5.41, 5.74) is 0.760. The molecule has 3 rings (SSSR count). The van der Waals surface area contributed by atoms with Crippen LogP contribution in [0.5, 0.6) is 0 Å². The first-order chi connectivity index (χ1) is 15.3. The Morgan fingerprint density at radius 1 is 0.906 bits per heavy atom. The lowest BCUT2D eigenvalue weighted by molar-refractivity contribution is -0.150. The fraction of sp³-hybridized carbons (Fsp3) is 0.174. The number of benzene rings is 3. The molecule has 166 valence electrons. The largest absolute Gasteiger partial charge is 0.475 e. The van der Waals surface area contributed by atoms with Gasteiger partial charge in [-0.25, -0.2) is 13.2 Å². The molecule has 2 N–H and O–H groups in total. The maximum Gasteiger partial charge on any atom is 0.373 e. The molecule has 0 aliphatic rings. The van der Waals surface area contributed by atoms with E-state index in [1.807, 2.05) is 36.4 Å². The first kappa shape index (κ1) is 23.1. The summed E-state index contributed by atoms with van der Waals surface area (Å²) in [5.74, 6) is -3.70. The van der Waals surface area contributed by atoms with Crippen molar-refractivity contribution in [1.29, 1.82) is 0 Å². The highest BCUT2D eigenvalue weighted by Crippen LogP contribution is 2.19. The van der Waals surface area contributed by atoms with Gasteiger partial charge in [0.2, 0.25) is 10.0 Å². The van der Waals surface area contributed by atoms with Gasteiger partial charge in [-0.2, -0.15) is 4.72 Å². The Morgan fingerprint density at radius 2 is 1.56 bits per heavy atom. The summed E-state index contributed by atoms with van der Waals surface area (Å²) in [4.78, 5) is 35.3. The van der Waals surface area contributed by atoms with Gasteiger partial charge in [0.05, 0.1) is 24.0 Å². The number of hydrogen-bond acceptors (Lipinski definition) is 6. The van der Waals surface area contributed by atoms with Crippen molar-refractivity contribution in [3.05, 3.63) is 78.4 Å². The van der Waals surface area contributed by atoms with Crippen LogP contribution in [-0.2, 0) is 35.6 Å². The molecule has 8 nitrogen and oxygen atoms in total. The second-order valence-electron chi connectivity index (χ2n) is 6.98. The second kappa shape index (κ2) is 10.2.